The second-order valence-corrected chi connectivity index (χ2v) is 11.6. The summed E-state index contributed by atoms with van der Waals surface area (Å²) >= 11 is 0. The molecule has 1 unspecified atom stereocenters. The van der Waals surface area contributed by atoms with Gasteiger partial charge in [0.05, 0.1) is 16.8 Å². The van der Waals surface area contributed by atoms with Crippen molar-refractivity contribution in [1.29, 1.82) is 0 Å². The van der Waals surface area contributed by atoms with Crippen molar-refractivity contribution in [3.05, 3.63) is 29.3 Å². The maximum Gasteiger partial charge on any atom is 0.410 e. The summed E-state index contributed by atoms with van der Waals surface area (Å²) < 4.78 is 5.49. The molecule has 1 N–H and O–H groups in total. The molecular formula is C27H34N4O6. The highest BCUT2D eigenvalue weighted by atomic mass is 16.6. The topological polar surface area (TPSA) is 116 Å². The second-order valence-electron chi connectivity index (χ2n) is 11.6. The Morgan fingerprint density at radius 1 is 1.00 bits per heavy atom. The molecule has 1 atom stereocenters. The fourth-order valence-electron chi connectivity index (χ4n) is 5.83. The number of carbonyl (C=O) groups is 5. The molecule has 10 heteroatoms. The fourth-order valence-corrected chi connectivity index (χ4v) is 5.83. The summed E-state index contributed by atoms with van der Waals surface area (Å²) in [6, 6.07) is 4.29. The number of fused-ring (bicyclic) bond motifs is 1. The predicted octanol–water partition coefficient (Wildman–Crippen LogP) is 2.56. The molecule has 1 aromatic rings. The lowest BCUT2D eigenvalue weighted by atomic mass is 9.83. The minimum absolute atomic E-state index is 0.0984. The Hall–Kier alpha value is -3.43. The van der Waals surface area contributed by atoms with Crippen LogP contribution in [0.15, 0.2) is 18.2 Å². The first-order valence-electron chi connectivity index (χ1n) is 13.1. The number of amides is 5. The highest BCUT2D eigenvalue weighted by molar-refractivity contribution is 6.25. The van der Waals surface area contributed by atoms with E-state index in [1.807, 2.05) is 26.8 Å². The molecule has 0 bridgehead atoms. The van der Waals surface area contributed by atoms with Crippen molar-refractivity contribution in [2.45, 2.75) is 64.5 Å². The van der Waals surface area contributed by atoms with E-state index in [1.54, 1.807) is 17.0 Å². The Balaban J connectivity index is 1.17. The van der Waals surface area contributed by atoms with Crippen LogP contribution in [0.1, 0.15) is 73.6 Å². The van der Waals surface area contributed by atoms with Crippen molar-refractivity contribution in [3.8, 4) is 0 Å². The zero-order valence-electron chi connectivity index (χ0n) is 21.6. The molecule has 0 spiro atoms. The van der Waals surface area contributed by atoms with Crippen molar-refractivity contribution in [2.75, 3.05) is 31.1 Å². The zero-order chi connectivity index (χ0) is 26.5. The van der Waals surface area contributed by atoms with Crippen LogP contribution in [0.4, 0.5) is 10.5 Å². The van der Waals surface area contributed by atoms with E-state index in [9.17, 15) is 24.0 Å². The molecule has 0 saturated carbocycles. The van der Waals surface area contributed by atoms with Crippen LogP contribution in [0.3, 0.4) is 0 Å². The first-order chi connectivity index (χ1) is 17.5. The predicted molar refractivity (Wildman–Crippen MR) is 134 cm³/mol. The maximum absolute atomic E-state index is 13.3. The first kappa shape index (κ1) is 25.2. The van der Waals surface area contributed by atoms with E-state index in [1.165, 1.54) is 0 Å². The molecule has 5 amide bonds. The SMILES string of the molecule is CC(C)(C)OC(=O)N1CCC(CC2CN(c3cccc4c3C(=O)N(C3CCC(=O)NC3=O)C4=O)C2)CC1. The van der Waals surface area contributed by atoms with Gasteiger partial charge in [0.1, 0.15) is 11.6 Å². The number of piperidine rings is 2. The Morgan fingerprint density at radius 2 is 1.70 bits per heavy atom. The summed E-state index contributed by atoms with van der Waals surface area (Å²) in [5, 5.41) is 2.23. The van der Waals surface area contributed by atoms with Crippen molar-refractivity contribution in [3.63, 3.8) is 0 Å². The number of imide groups is 2. The van der Waals surface area contributed by atoms with E-state index in [-0.39, 0.29) is 24.8 Å². The van der Waals surface area contributed by atoms with E-state index >= 15 is 0 Å². The number of benzene rings is 1. The molecule has 10 nitrogen and oxygen atoms in total. The average molecular weight is 511 g/mol. The van der Waals surface area contributed by atoms with Gasteiger partial charge in [-0.1, -0.05) is 6.07 Å². The number of nitrogens with zero attached hydrogens (tertiary/aromatic N) is 3. The van der Waals surface area contributed by atoms with Crippen LogP contribution in [0.25, 0.3) is 0 Å². The highest BCUT2D eigenvalue weighted by Gasteiger charge is 2.47. The first-order valence-corrected chi connectivity index (χ1v) is 13.1. The van der Waals surface area contributed by atoms with Crippen molar-refractivity contribution in [2.24, 2.45) is 11.8 Å². The number of nitrogens with one attached hydrogen (secondary N) is 1. The third-order valence-electron chi connectivity index (χ3n) is 7.68. The third-order valence-corrected chi connectivity index (χ3v) is 7.68. The van der Waals surface area contributed by atoms with Gasteiger partial charge in [0, 0.05) is 32.6 Å². The molecule has 0 aliphatic carbocycles. The summed E-state index contributed by atoms with van der Waals surface area (Å²) in [7, 11) is 0. The molecule has 5 rings (SSSR count). The van der Waals surface area contributed by atoms with Crippen LogP contribution >= 0.6 is 0 Å². The Bertz CT molecular complexity index is 1140. The second kappa shape index (κ2) is 9.46. The van der Waals surface area contributed by atoms with Crippen LogP contribution in [0, 0.1) is 11.8 Å². The molecule has 37 heavy (non-hydrogen) atoms. The summed E-state index contributed by atoms with van der Waals surface area (Å²) in [4.78, 5) is 67.5. The molecule has 4 aliphatic heterocycles. The average Bonchev–Trinajstić information content (AvgIpc) is 3.06. The number of likely N-dealkylation sites (tertiary alicyclic amines) is 1. The van der Waals surface area contributed by atoms with Crippen LogP contribution in [-0.2, 0) is 14.3 Å². The molecular weight excluding hydrogens is 476 g/mol. The van der Waals surface area contributed by atoms with Crippen molar-refractivity contribution >= 4 is 35.4 Å². The van der Waals surface area contributed by atoms with E-state index in [0.717, 1.165) is 42.9 Å². The summed E-state index contributed by atoms with van der Waals surface area (Å²) in [6.07, 6.45) is 2.95. The standard InChI is InChI=1S/C27H34N4O6/c1-27(2,3)37-26(36)29-11-9-16(10-12-29)13-17-14-30(15-17)19-6-4-5-18-22(19)25(35)31(24(18)34)20-7-8-21(32)28-23(20)33/h4-6,16-17,20H,7-15H2,1-3H3,(H,28,32,33). The van der Waals surface area contributed by atoms with E-state index in [0.29, 0.717) is 36.1 Å². The smallest absolute Gasteiger partial charge is 0.410 e. The monoisotopic (exact) mass is 510 g/mol. The molecule has 0 radical (unpaired) electrons. The van der Waals surface area contributed by atoms with Gasteiger partial charge in [-0.3, -0.25) is 29.4 Å². The maximum atomic E-state index is 13.3. The van der Waals surface area contributed by atoms with Gasteiger partial charge in [-0.2, -0.15) is 0 Å². The van der Waals surface area contributed by atoms with E-state index in [2.05, 4.69) is 10.2 Å². The number of rotatable bonds is 4. The molecule has 4 aliphatic rings. The molecule has 198 valence electrons. The quantitative estimate of drug-likeness (QED) is 0.619. The molecule has 1 aromatic carbocycles. The number of ether oxygens (including phenoxy) is 1. The van der Waals surface area contributed by atoms with Gasteiger partial charge in [-0.05, 0) is 70.4 Å². The molecule has 0 aromatic heterocycles. The summed E-state index contributed by atoms with van der Waals surface area (Å²) in [6.45, 7) is 8.61. The third kappa shape index (κ3) is 4.93. The largest absolute Gasteiger partial charge is 0.444 e. The lowest BCUT2D eigenvalue weighted by Gasteiger charge is -2.44. The van der Waals surface area contributed by atoms with Gasteiger partial charge in [0.2, 0.25) is 11.8 Å². The van der Waals surface area contributed by atoms with Crippen molar-refractivity contribution < 1.29 is 28.7 Å². The molecule has 4 heterocycles. The number of carbonyl (C=O) groups excluding carboxylic acids is 5. The van der Waals surface area contributed by atoms with Crippen molar-refractivity contribution in [1.82, 2.24) is 15.1 Å². The van der Waals surface area contributed by atoms with E-state index in [4.69, 9.17) is 4.74 Å². The lowest BCUT2D eigenvalue weighted by molar-refractivity contribution is -0.136. The van der Waals surface area contributed by atoms with E-state index < -0.39 is 29.4 Å². The molecule has 3 fully saturated rings. The Labute approximate surface area is 216 Å². The van der Waals surface area contributed by atoms with Gasteiger partial charge in [0.15, 0.2) is 0 Å². The Kier molecular flexibility index (Phi) is 6.45. The highest BCUT2D eigenvalue weighted by Crippen LogP contribution is 2.38. The van der Waals surface area contributed by atoms with Crippen LogP contribution in [0.5, 0.6) is 0 Å². The number of hydrogen-bond donors (Lipinski definition) is 1. The van der Waals surface area contributed by atoms with Gasteiger partial charge in [-0.15, -0.1) is 0 Å². The summed E-state index contributed by atoms with van der Waals surface area (Å²) in [5.74, 6) is -0.922. The zero-order valence-corrected chi connectivity index (χ0v) is 21.6. The minimum atomic E-state index is -0.964. The lowest BCUT2D eigenvalue weighted by Crippen LogP contribution is -2.54. The molecule has 3 saturated heterocycles. The fraction of sp³-hybridized carbons (Fsp3) is 0.593. The number of hydrogen-bond acceptors (Lipinski definition) is 7. The normalized spacial score (nSPS) is 23.2. The van der Waals surface area contributed by atoms with Crippen LogP contribution < -0.4 is 10.2 Å². The van der Waals surface area contributed by atoms with Crippen LogP contribution in [-0.4, -0.2) is 77.3 Å². The van der Waals surface area contributed by atoms with Crippen LogP contribution in [0.2, 0.25) is 0 Å². The Morgan fingerprint density at radius 3 is 2.35 bits per heavy atom. The minimum Gasteiger partial charge on any atom is -0.444 e. The van der Waals surface area contributed by atoms with Gasteiger partial charge in [0.25, 0.3) is 11.8 Å². The van der Waals surface area contributed by atoms with Gasteiger partial charge >= 0.3 is 6.09 Å². The van der Waals surface area contributed by atoms with Gasteiger partial charge in [-0.25, -0.2) is 4.79 Å². The van der Waals surface area contributed by atoms with Gasteiger partial charge < -0.3 is 14.5 Å². The number of anilines is 1. The summed E-state index contributed by atoms with van der Waals surface area (Å²) in [5.41, 5.74) is 0.888.